The molecule has 4 rings (SSSR count). The zero-order valence-electron chi connectivity index (χ0n) is 15.7. The summed E-state index contributed by atoms with van der Waals surface area (Å²) in [6.07, 6.45) is 0. The first-order valence-corrected chi connectivity index (χ1v) is 9.16. The molecule has 0 fully saturated rings. The third-order valence-corrected chi connectivity index (χ3v) is 5.27. The minimum Gasteiger partial charge on any atom is -0.268 e. The van der Waals surface area contributed by atoms with Gasteiger partial charge in [-0.05, 0) is 35.4 Å². The smallest absolute Gasteiger partial charge is 0.268 e. The quantitative estimate of drug-likeness (QED) is 0.480. The van der Waals surface area contributed by atoms with Crippen molar-refractivity contribution in [1.29, 1.82) is 0 Å². The summed E-state index contributed by atoms with van der Waals surface area (Å²) in [6.45, 7) is 0.672. The molecule has 1 aliphatic heterocycles. The number of fused-ring (bicyclic) bond motifs is 1. The molecule has 2 atom stereocenters. The first-order chi connectivity index (χ1) is 13.9. The van der Waals surface area contributed by atoms with Gasteiger partial charge in [-0.15, -0.1) is 0 Å². The number of para-hydroxylation sites is 1. The maximum Gasteiger partial charge on any atom is 0.291 e. The Kier molecular flexibility index (Phi) is 4.58. The number of alkyl halides is 1. The number of amides is 1. The molecule has 1 heterocycles. The summed E-state index contributed by atoms with van der Waals surface area (Å²) >= 11 is 0. The van der Waals surface area contributed by atoms with E-state index in [-0.39, 0.29) is 5.71 Å². The van der Waals surface area contributed by atoms with Gasteiger partial charge in [-0.1, -0.05) is 60.7 Å². The monoisotopic (exact) mass is 391 g/mol. The minimum absolute atomic E-state index is 0.0913. The molecule has 0 aliphatic carbocycles. The number of rotatable bonds is 5. The van der Waals surface area contributed by atoms with Crippen LogP contribution in [-0.2, 0) is 4.79 Å². The second-order valence-corrected chi connectivity index (χ2v) is 7.02. The highest BCUT2D eigenvalue weighted by molar-refractivity contribution is 6.22. The van der Waals surface area contributed by atoms with Crippen LogP contribution in [-0.4, -0.2) is 28.8 Å². The molecular formula is C22H18FN3O3. The summed E-state index contributed by atoms with van der Waals surface area (Å²) in [5.74, 6) is -2.21. The Labute approximate surface area is 166 Å². The maximum absolute atomic E-state index is 16.3. The molecule has 1 amide bonds. The number of hydrogen-bond acceptors (Lipinski definition) is 4. The summed E-state index contributed by atoms with van der Waals surface area (Å²) in [7, 11) is 0. The lowest BCUT2D eigenvalue weighted by Gasteiger charge is -2.27. The molecule has 0 radical (unpaired) electrons. The highest BCUT2D eigenvalue weighted by atomic mass is 19.1. The fourth-order valence-corrected chi connectivity index (χ4v) is 3.76. The summed E-state index contributed by atoms with van der Waals surface area (Å²) in [5, 5.41) is 18.2. The van der Waals surface area contributed by atoms with Crippen molar-refractivity contribution < 1.29 is 14.1 Å². The van der Waals surface area contributed by atoms with Gasteiger partial charge in [-0.2, -0.15) is 10.1 Å². The van der Waals surface area contributed by atoms with Crippen LogP contribution >= 0.6 is 0 Å². The summed E-state index contributed by atoms with van der Waals surface area (Å²) in [5.41, 5.74) is -1.90. The van der Waals surface area contributed by atoms with E-state index >= 15 is 4.39 Å². The van der Waals surface area contributed by atoms with Gasteiger partial charge in [-0.25, -0.2) is 4.39 Å². The SMILES string of the molecule is CC1=NN(c2ccccc2)C(=O)[C@]1(F)[C@H](C[N+](=O)[O-])c1ccc2ccccc2c1. The number of anilines is 1. The molecule has 0 saturated carbocycles. The number of nitrogens with zero attached hydrogens (tertiary/aromatic N) is 3. The molecule has 0 aromatic heterocycles. The number of halogens is 1. The predicted molar refractivity (Wildman–Crippen MR) is 109 cm³/mol. The van der Waals surface area contributed by atoms with Gasteiger partial charge in [0.2, 0.25) is 12.2 Å². The van der Waals surface area contributed by atoms with Crippen molar-refractivity contribution in [3.63, 3.8) is 0 Å². The van der Waals surface area contributed by atoms with E-state index in [1.165, 1.54) is 6.92 Å². The van der Waals surface area contributed by atoms with Crippen LogP contribution in [0.5, 0.6) is 0 Å². The molecule has 0 spiro atoms. The number of carbonyl (C=O) groups excluding carboxylic acids is 1. The molecular weight excluding hydrogens is 373 g/mol. The summed E-state index contributed by atoms with van der Waals surface area (Å²) in [4.78, 5) is 23.9. The lowest BCUT2D eigenvalue weighted by atomic mass is 9.79. The number of carbonyl (C=O) groups is 1. The molecule has 146 valence electrons. The van der Waals surface area contributed by atoms with Crippen molar-refractivity contribution in [2.24, 2.45) is 5.10 Å². The molecule has 3 aromatic carbocycles. The molecule has 7 heteroatoms. The predicted octanol–water partition coefficient (Wildman–Crippen LogP) is 4.33. The van der Waals surface area contributed by atoms with Gasteiger partial charge in [0.05, 0.1) is 17.3 Å². The first kappa shape index (κ1) is 18.7. The van der Waals surface area contributed by atoms with Crippen molar-refractivity contribution in [2.75, 3.05) is 11.6 Å². The van der Waals surface area contributed by atoms with Gasteiger partial charge in [0.1, 0.15) is 0 Å². The van der Waals surface area contributed by atoms with Crippen LogP contribution < -0.4 is 5.01 Å². The summed E-state index contributed by atoms with van der Waals surface area (Å²) < 4.78 is 16.3. The third-order valence-electron chi connectivity index (χ3n) is 5.27. The molecule has 0 saturated heterocycles. The van der Waals surface area contributed by atoms with E-state index < -0.39 is 29.0 Å². The van der Waals surface area contributed by atoms with Crippen molar-refractivity contribution >= 4 is 28.1 Å². The highest BCUT2D eigenvalue weighted by Gasteiger charge is 2.58. The normalized spacial score (nSPS) is 20.0. The molecule has 0 unspecified atom stereocenters. The van der Waals surface area contributed by atoms with E-state index in [0.29, 0.717) is 11.3 Å². The Morgan fingerprint density at radius 3 is 2.41 bits per heavy atom. The number of benzene rings is 3. The Morgan fingerprint density at radius 2 is 1.72 bits per heavy atom. The van der Waals surface area contributed by atoms with Crippen LogP contribution in [0.3, 0.4) is 0 Å². The van der Waals surface area contributed by atoms with Gasteiger partial charge < -0.3 is 0 Å². The number of nitro groups is 1. The Hall–Kier alpha value is -3.61. The van der Waals surface area contributed by atoms with Gasteiger partial charge in [0.25, 0.3) is 5.91 Å². The Morgan fingerprint density at radius 1 is 1.07 bits per heavy atom. The molecule has 0 N–H and O–H groups in total. The van der Waals surface area contributed by atoms with E-state index in [1.807, 2.05) is 24.3 Å². The highest BCUT2D eigenvalue weighted by Crippen LogP contribution is 2.41. The second-order valence-electron chi connectivity index (χ2n) is 7.02. The van der Waals surface area contributed by atoms with Crippen LogP contribution in [0, 0.1) is 10.1 Å². The average molecular weight is 391 g/mol. The van der Waals surface area contributed by atoms with Crippen molar-refractivity contribution in [3.05, 3.63) is 88.5 Å². The maximum atomic E-state index is 16.3. The van der Waals surface area contributed by atoms with Gasteiger partial charge in [-0.3, -0.25) is 14.9 Å². The molecule has 1 aliphatic rings. The van der Waals surface area contributed by atoms with E-state index in [2.05, 4.69) is 5.10 Å². The van der Waals surface area contributed by atoms with E-state index in [0.717, 1.165) is 15.8 Å². The zero-order valence-corrected chi connectivity index (χ0v) is 15.7. The Bertz CT molecular complexity index is 1130. The van der Waals surface area contributed by atoms with E-state index in [1.54, 1.807) is 48.5 Å². The molecule has 0 bridgehead atoms. The van der Waals surface area contributed by atoms with Crippen molar-refractivity contribution in [3.8, 4) is 0 Å². The fourth-order valence-electron chi connectivity index (χ4n) is 3.76. The minimum atomic E-state index is -2.61. The number of hydrazone groups is 1. The first-order valence-electron chi connectivity index (χ1n) is 9.16. The topological polar surface area (TPSA) is 75.8 Å². The average Bonchev–Trinajstić information content (AvgIpc) is 2.97. The standard InChI is InChI=1S/C22H18FN3O3/c1-15-22(23,21(27)26(24-15)19-9-3-2-4-10-19)20(14-25(28)29)18-12-11-16-7-5-6-8-17(16)13-18/h2-13,20H,14H2,1H3/t20-,22-/m1/s1. The second kappa shape index (κ2) is 7.09. The van der Waals surface area contributed by atoms with Gasteiger partial charge >= 0.3 is 0 Å². The van der Waals surface area contributed by atoms with Gasteiger partial charge in [0, 0.05) is 4.92 Å². The largest absolute Gasteiger partial charge is 0.291 e. The lowest BCUT2D eigenvalue weighted by molar-refractivity contribution is -0.485. The fraction of sp³-hybridized carbons (Fsp3) is 0.182. The van der Waals surface area contributed by atoms with Crippen LogP contribution in [0.1, 0.15) is 18.4 Å². The number of hydrogen-bond donors (Lipinski definition) is 0. The van der Waals surface area contributed by atoms with Crippen LogP contribution in [0.4, 0.5) is 10.1 Å². The Balaban J connectivity index is 1.81. The van der Waals surface area contributed by atoms with Crippen LogP contribution in [0.25, 0.3) is 10.8 Å². The molecule has 6 nitrogen and oxygen atoms in total. The zero-order chi connectivity index (χ0) is 20.6. The van der Waals surface area contributed by atoms with Crippen LogP contribution in [0.15, 0.2) is 77.9 Å². The van der Waals surface area contributed by atoms with Gasteiger partial charge in [0.15, 0.2) is 0 Å². The van der Waals surface area contributed by atoms with Crippen molar-refractivity contribution in [1.82, 2.24) is 0 Å². The van der Waals surface area contributed by atoms with E-state index in [4.69, 9.17) is 0 Å². The van der Waals surface area contributed by atoms with E-state index in [9.17, 15) is 14.9 Å². The lowest BCUT2D eigenvalue weighted by Crippen LogP contribution is -2.49. The molecule has 29 heavy (non-hydrogen) atoms. The summed E-state index contributed by atoms with van der Waals surface area (Å²) in [6, 6.07) is 21.1. The van der Waals surface area contributed by atoms with Crippen LogP contribution in [0.2, 0.25) is 0 Å². The molecule has 3 aromatic rings. The van der Waals surface area contributed by atoms with Crippen molar-refractivity contribution in [2.45, 2.75) is 18.5 Å². The third kappa shape index (κ3) is 3.14.